The first-order valence-corrected chi connectivity index (χ1v) is 5.23. The van der Waals surface area contributed by atoms with Gasteiger partial charge in [0.1, 0.15) is 5.82 Å². The summed E-state index contributed by atoms with van der Waals surface area (Å²) in [7, 11) is 0. The lowest BCUT2D eigenvalue weighted by Crippen LogP contribution is -2.31. The number of nitrogens with one attached hydrogen (secondary N) is 3. The van der Waals surface area contributed by atoms with E-state index < -0.39 is 0 Å². The maximum Gasteiger partial charge on any atom is 0.320 e. The number of amides is 2. The Balaban J connectivity index is 1.91. The maximum atomic E-state index is 11.6. The zero-order valence-electron chi connectivity index (χ0n) is 9.34. The van der Waals surface area contributed by atoms with Crippen molar-refractivity contribution in [3.8, 4) is 0 Å². The van der Waals surface area contributed by atoms with Crippen LogP contribution in [0, 0.1) is 0 Å². The van der Waals surface area contributed by atoms with E-state index in [9.17, 15) is 4.79 Å². The SMILES string of the molecule is C[C@H](NC(=O)Nc1ccn[nH]1)c1ccccn1. The van der Waals surface area contributed by atoms with Gasteiger partial charge < -0.3 is 5.32 Å². The molecular formula is C11H13N5O. The van der Waals surface area contributed by atoms with Crippen LogP contribution in [0.5, 0.6) is 0 Å². The number of hydrogen-bond donors (Lipinski definition) is 3. The number of aromatic amines is 1. The molecule has 88 valence electrons. The fourth-order valence-electron chi connectivity index (χ4n) is 1.39. The van der Waals surface area contributed by atoms with Crippen LogP contribution in [-0.2, 0) is 0 Å². The molecule has 0 spiro atoms. The molecular weight excluding hydrogens is 218 g/mol. The number of nitrogens with zero attached hydrogens (tertiary/aromatic N) is 2. The van der Waals surface area contributed by atoms with E-state index in [4.69, 9.17) is 0 Å². The molecule has 0 radical (unpaired) electrons. The van der Waals surface area contributed by atoms with Gasteiger partial charge in [-0.2, -0.15) is 5.10 Å². The van der Waals surface area contributed by atoms with Gasteiger partial charge in [0.2, 0.25) is 0 Å². The Bertz CT molecular complexity index is 468. The van der Waals surface area contributed by atoms with E-state index in [-0.39, 0.29) is 12.1 Å². The van der Waals surface area contributed by atoms with Gasteiger partial charge in [0.15, 0.2) is 0 Å². The molecule has 0 saturated heterocycles. The van der Waals surface area contributed by atoms with E-state index in [0.29, 0.717) is 5.82 Å². The standard InChI is InChI=1S/C11H13N5O/c1-8(9-4-2-3-6-12-9)14-11(17)15-10-5-7-13-16-10/h2-8H,1H3,(H3,13,14,15,16,17)/t8-/m0/s1. The first-order valence-electron chi connectivity index (χ1n) is 5.23. The number of carbonyl (C=O) groups excluding carboxylic acids is 1. The van der Waals surface area contributed by atoms with Gasteiger partial charge in [-0.3, -0.25) is 15.4 Å². The molecule has 0 bridgehead atoms. The van der Waals surface area contributed by atoms with Crippen LogP contribution in [0.15, 0.2) is 36.7 Å². The second-order valence-corrected chi connectivity index (χ2v) is 3.55. The van der Waals surface area contributed by atoms with Gasteiger partial charge in [-0.1, -0.05) is 6.07 Å². The van der Waals surface area contributed by atoms with Crippen LogP contribution in [0.4, 0.5) is 10.6 Å². The first-order chi connectivity index (χ1) is 8.25. The predicted octanol–water partition coefficient (Wildman–Crippen LogP) is 1.69. The van der Waals surface area contributed by atoms with Crippen LogP contribution in [0.1, 0.15) is 18.7 Å². The Hall–Kier alpha value is -2.37. The summed E-state index contributed by atoms with van der Waals surface area (Å²) in [4.78, 5) is 15.8. The van der Waals surface area contributed by atoms with Crippen molar-refractivity contribution in [3.63, 3.8) is 0 Å². The number of hydrogen-bond acceptors (Lipinski definition) is 3. The van der Waals surface area contributed by atoms with E-state index in [1.807, 2.05) is 25.1 Å². The summed E-state index contributed by atoms with van der Waals surface area (Å²) in [5, 5.41) is 11.8. The van der Waals surface area contributed by atoms with Gasteiger partial charge in [0.25, 0.3) is 0 Å². The highest BCUT2D eigenvalue weighted by Gasteiger charge is 2.10. The highest BCUT2D eigenvalue weighted by Crippen LogP contribution is 2.08. The number of urea groups is 1. The molecule has 2 aromatic rings. The summed E-state index contributed by atoms with van der Waals surface area (Å²) in [5.74, 6) is 0.552. The molecule has 0 aromatic carbocycles. The lowest BCUT2D eigenvalue weighted by atomic mass is 10.2. The molecule has 3 N–H and O–H groups in total. The van der Waals surface area contributed by atoms with Crippen molar-refractivity contribution < 1.29 is 4.79 Å². The van der Waals surface area contributed by atoms with Crippen LogP contribution in [0.3, 0.4) is 0 Å². The maximum absolute atomic E-state index is 11.6. The minimum Gasteiger partial charge on any atom is -0.330 e. The van der Waals surface area contributed by atoms with E-state index in [1.165, 1.54) is 0 Å². The third-order valence-corrected chi connectivity index (χ3v) is 2.23. The van der Waals surface area contributed by atoms with E-state index >= 15 is 0 Å². The molecule has 2 amide bonds. The fraction of sp³-hybridized carbons (Fsp3) is 0.182. The van der Waals surface area contributed by atoms with Gasteiger partial charge in [0.05, 0.1) is 17.9 Å². The minimum absolute atomic E-state index is 0.154. The van der Waals surface area contributed by atoms with Crippen LogP contribution >= 0.6 is 0 Å². The third-order valence-electron chi connectivity index (χ3n) is 2.23. The highest BCUT2D eigenvalue weighted by atomic mass is 16.2. The summed E-state index contributed by atoms with van der Waals surface area (Å²) < 4.78 is 0. The van der Waals surface area contributed by atoms with Crippen molar-refractivity contribution in [2.75, 3.05) is 5.32 Å². The minimum atomic E-state index is -0.299. The van der Waals surface area contributed by atoms with Crippen LogP contribution < -0.4 is 10.6 Å². The van der Waals surface area contributed by atoms with Gasteiger partial charge in [0, 0.05) is 12.3 Å². The molecule has 1 atom stereocenters. The number of rotatable bonds is 3. The molecule has 2 rings (SSSR count). The quantitative estimate of drug-likeness (QED) is 0.751. The molecule has 0 saturated carbocycles. The number of anilines is 1. The van der Waals surface area contributed by atoms with Crippen molar-refractivity contribution in [1.82, 2.24) is 20.5 Å². The van der Waals surface area contributed by atoms with Gasteiger partial charge in [-0.15, -0.1) is 0 Å². The van der Waals surface area contributed by atoms with Crippen LogP contribution in [0.2, 0.25) is 0 Å². The first kappa shape index (κ1) is 11.1. The largest absolute Gasteiger partial charge is 0.330 e. The molecule has 17 heavy (non-hydrogen) atoms. The van der Waals surface area contributed by atoms with E-state index in [1.54, 1.807) is 18.5 Å². The van der Waals surface area contributed by atoms with Crippen molar-refractivity contribution in [2.45, 2.75) is 13.0 Å². The van der Waals surface area contributed by atoms with Crippen LogP contribution in [0.25, 0.3) is 0 Å². The van der Waals surface area contributed by atoms with Gasteiger partial charge in [-0.25, -0.2) is 4.79 Å². The molecule has 0 unspecified atom stereocenters. The van der Waals surface area contributed by atoms with Crippen molar-refractivity contribution in [3.05, 3.63) is 42.4 Å². The lowest BCUT2D eigenvalue weighted by molar-refractivity contribution is 0.249. The lowest BCUT2D eigenvalue weighted by Gasteiger charge is -2.13. The molecule has 6 heteroatoms. The Labute approximate surface area is 98.5 Å². The second kappa shape index (κ2) is 5.11. The highest BCUT2D eigenvalue weighted by molar-refractivity contribution is 5.88. The van der Waals surface area contributed by atoms with Gasteiger partial charge in [-0.05, 0) is 19.1 Å². The third kappa shape index (κ3) is 3.04. The number of H-pyrrole nitrogens is 1. The summed E-state index contributed by atoms with van der Waals surface area (Å²) in [6.07, 6.45) is 3.26. The molecule has 2 heterocycles. The normalized spacial score (nSPS) is 11.8. The van der Waals surface area contributed by atoms with Crippen molar-refractivity contribution in [1.29, 1.82) is 0 Å². The summed E-state index contributed by atoms with van der Waals surface area (Å²) in [6.45, 7) is 1.87. The number of aromatic nitrogens is 3. The van der Waals surface area contributed by atoms with E-state index in [2.05, 4.69) is 25.8 Å². The Morgan fingerprint density at radius 2 is 2.24 bits per heavy atom. The predicted molar refractivity (Wildman–Crippen MR) is 63.4 cm³/mol. The number of carbonyl (C=O) groups is 1. The zero-order chi connectivity index (χ0) is 12.1. The molecule has 0 fully saturated rings. The summed E-state index contributed by atoms with van der Waals surface area (Å²) in [5.41, 5.74) is 0.812. The van der Waals surface area contributed by atoms with Crippen LogP contribution in [-0.4, -0.2) is 21.2 Å². The smallest absolute Gasteiger partial charge is 0.320 e. The average Bonchev–Trinajstić information content (AvgIpc) is 2.82. The fourth-order valence-corrected chi connectivity index (χ4v) is 1.39. The molecule has 0 aliphatic heterocycles. The van der Waals surface area contributed by atoms with Crippen molar-refractivity contribution in [2.24, 2.45) is 0 Å². The Morgan fingerprint density at radius 3 is 2.88 bits per heavy atom. The summed E-state index contributed by atoms with van der Waals surface area (Å²) in [6, 6.07) is 6.80. The van der Waals surface area contributed by atoms with E-state index in [0.717, 1.165) is 5.69 Å². The Morgan fingerprint density at radius 1 is 1.35 bits per heavy atom. The van der Waals surface area contributed by atoms with Gasteiger partial charge >= 0.3 is 6.03 Å². The summed E-state index contributed by atoms with van der Waals surface area (Å²) >= 11 is 0. The molecule has 0 aliphatic rings. The molecule has 2 aromatic heterocycles. The monoisotopic (exact) mass is 231 g/mol. The second-order valence-electron chi connectivity index (χ2n) is 3.55. The molecule has 6 nitrogen and oxygen atoms in total. The number of pyridine rings is 1. The van der Waals surface area contributed by atoms with Crippen molar-refractivity contribution >= 4 is 11.8 Å². The molecule has 0 aliphatic carbocycles. The Kier molecular flexibility index (Phi) is 3.34. The zero-order valence-corrected chi connectivity index (χ0v) is 9.34. The topological polar surface area (TPSA) is 82.7 Å². The average molecular weight is 231 g/mol.